The zero-order valence-electron chi connectivity index (χ0n) is 9.13. The Kier molecular flexibility index (Phi) is 2.89. The Morgan fingerprint density at radius 2 is 2.06 bits per heavy atom. The maximum atomic E-state index is 12.1. The summed E-state index contributed by atoms with van der Waals surface area (Å²) in [6.07, 6.45) is 1.67. The van der Waals surface area contributed by atoms with Crippen LogP contribution in [0.3, 0.4) is 0 Å². The quantitative estimate of drug-likeness (QED) is 0.788. The standard InChI is InChI=1S/C12H8BrN3OS/c13-9-10(8-4-2-1-3-5-8)15-16(11(9)17)12-14-6-7-18-12/h1-7,15H. The molecule has 0 bridgehead atoms. The first-order chi connectivity index (χ1) is 8.77. The highest BCUT2D eigenvalue weighted by Gasteiger charge is 2.15. The second-order valence-corrected chi connectivity index (χ2v) is 5.29. The molecule has 0 aliphatic carbocycles. The Morgan fingerprint density at radius 1 is 1.28 bits per heavy atom. The van der Waals surface area contributed by atoms with E-state index in [9.17, 15) is 4.79 Å². The minimum absolute atomic E-state index is 0.135. The summed E-state index contributed by atoms with van der Waals surface area (Å²) in [5, 5.41) is 5.53. The zero-order chi connectivity index (χ0) is 12.5. The number of aromatic nitrogens is 3. The lowest BCUT2D eigenvalue weighted by Gasteiger charge is -1.98. The highest BCUT2D eigenvalue weighted by atomic mass is 79.9. The van der Waals surface area contributed by atoms with Crippen LogP contribution in [0.5, 0.6) is 0 Å². The fourth-order valence-corrected chi connectivity index (χ4v) is 2.77. The third kappa shape index (κ3) is 1.83. The maximum absolute atomic E-state index is 12.1. The molecular formula is C12H8BrN3OS. The molecule has 0 aliphatic heterocycles. The maximum Gasteiger partial charge on any atom is 0.288 e. The zero-order valence-corrected chi connectivity index (χ0v) is 11.5. The van der Waals surface area contributed by atoms with Crippen LogP contribution in [0.2, 0.25) is 0 Å². The normalized spacial score (nSPS) is 10.7. The lowest BCUT2D eigenvalue weighted by atomic mass is 10.2. The summed E-state index contributed by atoms with van der Waals surface area (Å²) in [5.41, 5.74) is 1.58. The number of nitrogens with one attached hydrogen (secondary N) is 1. The SMILES string of the molecule is O=c1c(Br)c(-c2ccccc2)[nH]n1-c1nccs1. The van der Waals surface area contributed by atoms with Gasteiger partial charge < -0.3 is 0 Å². The molecule has 4 nitrogen and oxygen atoms in total. The van der Waals surface area contributed by atoms with Crippen LogP contribution in [0.1, 0.15) is 0 Å². The minimum Gasteiger partial charge on any atom is -0.287 e. The summed E-state index contributed by atoms with van der Waals surface area (Å²) >= 11 is 4.74. The van der Waals surface area contributed by atoms with Crippen molar-refractivity contribution in [2.75, 3.05) is 0 Å². The lowest BCUT2D eigenvalue weighted by Crippen LogP contribution is -2.14. The molecule has 1 N–H and O–H groups in total. The Bertz CT molecular complexity index is 716. The number of hydrogen-bond donors (Lipinski definition) is 1. The number of benzene rings is 1. The van der Waals surface area contributed by atoms with Crippen molar-refractivity contribution in [3.05, 3.63) is 56.7 Å². The van der Waals surface area contributed by atoms with Gasteiger partial charge in [-0.05, 0) is 15.9 Å². The van der Waals surface area contributed by atoms with Gasteiger partial charge in [0.05, 0.1) is 5.69 Å². The number of aromatic amines is 1. The fourth-order valence-electron chi connectivity index (χ4n) is 1.67. The number of thiazole rings is 1. The predicted molar refractivity (Wildman–Crippen MR) is 75.2 cm³/mol. The van der Waals surface area contributed by atoms with Gasteiger partial charge in [0, 0.05) is 17.1 Å². The molecule has 1 aromatic carbocycles. The molecule has 18 heavy (non-hydrogen) atoms. The van der Waals surface area contributed by atoms with Gasteiger partial charge in [-0.25, -0.2) is 4.98 Å². The van der Waals surface area contributed by atoms with Crippen molar-refractivity contribution < 1.29 is 0 Å². The van der Waals surface area contributed by atoms with E-state index in [4.69, 9.17) is 0 Å². The highest BCUT2D eigenvalue weighted by Crippen LogP contribution is 2.24. The molecule has 0 unspecified atom stereocenters. The van der Waals surface area contributed by atoms with Gasteiger partial charge in [0.15, 0.2) is 0 Å². The van der Waals surface area contributed by atoms with Gasteiger partial charge >= 0.3 is 0 Å². The van der Waals surface area contributed by atoms with Crippen LogP contribution in [0.25, 0.3) is 16.4 Å². The summed E-state index contributed by atoms with van der Waals surface area (Å²) in [4.78, 5) is 16.2. The molecule has 2 heterocycles. The van der Waals surface area contributed by atoms with Crippen LogP contribution in [0, 0.1) is 0 Å². The molecule has 2 aromatic heterocycles. The van der Waals surface area contributed by atoms with E-state index in [1.165, 1.54) is 16.0 Å². The molecule has 0 fully saturated rings. The van der Waals surface area contributed by atoms with Crippen molar-refractivity contribution >= 4 is 27.3 Å². The van der Waals surface area contributed by atoms with Gasteiger partial charge in [-0.15, -0.1) is 11.3 Å². The van der Waals surface area contributed by atoms with Crippen molar-refractivity contribution in [2.24, 2.45) is 0 Å². The third-order valence-electron chi connectivity index (χ3n) is 2.51. The van der Waals surface area contributed by atoms with E-state index >= 15 is 0 Å². The molecule has 90 valence electrons. The van der Waals surface area contributed by atoms with Gasteiger partial charge in [0.25, 0.3) is 5.56 Å². The molecule has 0 saturated carbocycles. The first-order valence-corrected chi connectivity index (χ1v) is 6.90. The van der Waals surface area contributed by atoms with Crippen LogP contribution in [-0.2, 0) is 0 Å². The van der Waals surface area contributed by atoms with Crippen molar-refractivity contribution in [2.45, 2.75) is 0 Å². The molecule has 0 saturated heterocycles. The van der Waals surface area contributed by atoms with E-state index in [0.29, 0.717) is 9.60 Å². The third-order valence-corrected chi connectivity index (χ3v) is 4.00. The van der Waals surface area contributed by atoms with Crippen LogP contribution in [0.4, 0.5) is 0 Å². The van der Waals surface area contributed by atoms with Crippen molar-refractivity contribution in [3.8, 4) is 16.4 Å². The van der Waals surface area contributed by atoms with E-state index in [1.54, 1.807) is 6.20 Å². The van der Waals surface area contributed by atoms with Crippen molar-refractivity contribution in [1.29, 1.82) is 0 Å². The monoisotopic (exact) mass is 321 g/mol. The first kappa shape index (κ1) is 11.4. The number of halogens is 1. The smallest absolute Gasteiger partial charge is 0.287 e. The second-order valence-electron chi connectivity index (χ2n) is 3.62. The molecule has 3 aromatic rings. The van der Waals surface area contributed by atoms with E-state index in [1.807, 2.05) is 35.7 Å². The Hall–Kier alpha value is -1.66. The molecule has 0 spiro atoms. The molecule has 0 aliphatic rings. The van der Waals surface area contributed by atoms with Gasteiger partial charge in [-0.1, -0.05) is 30.3 Å². The summed E-state index contributed by atoms with van der Waals surface area (Å²) in [6.45, 7) is 0. The largest absolute Gasteiger partial charge is 0.288 e. The van der Waals surface area contributed by atoms with Crippen LogP contribution < -0.4 is 5.56 Å². The second kappa shape index (κ2) is 4.55. The van der Waals surface area contributed by atoms with Crippen LogP contribution in [0.15, 0.2) is 51.2 Å². The van der Waals surface area contributed by atoms with E-state index in [-0.39, 0.29) is 5.56 Å². The molecular weight excluding hydrogens is 314 g/mol. The lowest BCUT2D eigenvalue weighted by molar-refractivity contribution is 0.842. The summed E-state index contributed by atoms with van der Waals surface area (Å²) in [7, 11) is 0. The average Bonchev–Trinajstić information content (AvgIpc) is 3.01. The average molecular weight is 322 g/mol. The summed E-state index contributed by atoms with van der Waals surface area (Å²) < 4.78 is 1.96. The van der Waals surface area contributed by atoms with Gasteiger partial charge in [-0.3, -0.25) is 9.89 Å². The first-order valence-electron chi connectivity index (χ1n) is 5.23. The van der Waals surface area contributed by atoms with Gasteiger partial charge in [-0.2, -0.15) is 4.68 Å². The Balaban J connectivity index is 2.20. The Labute approximate surface area is 115 Å². The van der Waals surface area contributed by atoms with Crippen LogP contribution >= 0.6 is 27.3 Å². The molecule has 0 atom stereocenters. The van der Waals surface area contributed by atoms with Gasteiger partial charge in [0.1, 0.15) is 4.47 Å². The predicted octanol–water partition coefficient (Wildman–Crippen LogP) is 3.05. The Morgan fingerprint density at radius 3 is 2.72 bits per heavy atom. The number of nitrogens with zero attached hydrogens (tertiary/aromatic N) is 2. The highest BCUT2D eigenvalue weighted by molar-refractivity contribution is 9.10. The molecule has 3 rings (SSSR count). The molecule has 6 heteroatoms. The van der Waals surface area contributed by atoms with Crippen molar-refractivity contribution in [3.63, 3.8) is 0 Å². The summed E-state index contributed by atoms with van der Waals surface area (Å²) in [5.74, 6) is 0. The number of rotatable bonds is 2. The van der Waals surface area contributed by atoms with Crippen LogP contribution in [-0.4, -0.2) is 14.8 Å². The molecule has 0 amide bonds. The van der Waals surface area contributed by atoms with E-state index in [2.05, 4.69) is 26.0 Å². The summed E-state index contributed by atoms with van der Waals surface area (Å²) in [6, 6.07) is 9.69. The minimum atomic E-state index is -0.135. The van der Waals surface area contributed by atoms with E-state index < -0.39 is 0 Å². The van der Waals surface area contributed by atoms with Gasteiger partial charge in [0.2, 0.25) is 5.13 Å². The van der Waals surface area contributed by atoms with Crippen molar-refractivity contribution in [1.82, 2.24) is 14.8 Å². The molecule has 0 radical (unpaired) electrons. The topological polar surface area (TPSA) is 50.7 Å². The number of H-pyrrole nitrogens is 1. The number of hydrogen-bond acceptors (Lipinski definition) is 3. The fraction of sp³-hybridized carbons (Fsp3) is 0. The van der Waals surface area contributed by atoms with E-state index in [0.717, 1.165) is 11.3 Å².